The van der Waals surface area contributed by atoms with E-state index < -0.39 is 0 Å². The van der Waals surface area contributed by atoms with Crippen LogP contribution in [0.3, 0.4) is 0 Å². The Hall–Kier alpha value is -2.91. The lowest BCUT2D eigenvalue weighted by Gasteiger charge is -2.06. The number of nitrogens with zero attached hydrogens (tertiary/aromatic N) is 4. The fraction of sp³-hybridized carbons (Fsp3) is 0.263. The van der Waals surface area contributed by atoms with Crippen molar-refractivity contribution in [2.75, 3.05) is 18.4 Å². The molecule has 0 saturated carbocycles. The quantitative estimate of drug-likeness (QED) is 0.376. The first-order chi connectivity index (χ1) is 13.8. The van der Waals surface area contributed by atoms with Gasteiger partial charge in [-0.2, -0.15) is 0 Å². The molecule has 0 bridgehead atoms. The highest BCUT2D eigenvalue weighted by Gasteiger charge is 2.11. The van der Waals surface area contributed by atoms with E-state index in [-0.39, 0.29) is 5.82 Å². The van der Waals surface area contributed by atoms with E-state index in [4.69, 9.17) is 0 Å². The molecule has 0 atom stereocenters. The average molecular weight is 397 g/mol. The molecule has 144 valence electrons. The van der Waals surface area contributed by atoms with Crippen molar-refractivity contribution in [3.63, 3.8) is 0 Å². The predicted molar refractivity (Wildman–Crippen MR) is 108 cm³/mol. The Bertz CT molecular complexity index is 1030. The Morgan fingerprint density at radius 2 is 1.96 bits per heavy atom. The van der Waals surface area contributed by atoms with E-state index in [1.165, 1.54) is 12.4 Å². The summed E-state index contributed by atoms with van der Waals surface area (Å²) in [5.74, 6) is 1.37. The fourth-order valence-electron chi connectivity index (χ4n) is 2.82. The SMILES string of the molecule is Fc1ccccc1CNc1ncnc2sc(CCNCCc3ncc[nH]3)nc12. The summed E-state index contributed by atoms with van der Waals surface area (Å²) in [6, 6.07) is 6.70. The van der Waals surface area contributed by atoms with Gasteiger partial charge < -0.3 is 15.6 Å². The molecule has 0 radical (unpaired) electrons. The van der Waals surface area contributed by atoms with Gasteiger partial charge in [-0.1, -0.05) is 29.5 Å². The smallest absolute Gasteiger partial charge is 0.157 e. The number of thiazole rings is 1. The summed E-state index contributed by atoms with van der Waals surface area (Å²) in [5.41, 5.74) is 1.32. The Balaban J connectivity index is 1.34. The standard InChI is InChI=1S/C19H20FN7S/c20-14-4-2-1-3-13(14)11-24-18-17-19(26-12-25-18)28-16(27-17)6-8-21-7-5-15-22-9-10-23-15/h1-4,9-10,12,21H,5-8,11H2,(H,22,23)(H,24,25,26). The zero-order valence-corrected chi connectivity index (χ0v) is 16.0. The maximum absolute atomic E-state index is 13.8. The van der Waals surface area contributed by atoms with Gasteiger partial charge in [-0.15, -0.1) is 0 Å². The summed E-state index contributed by atoms with van der Waals surface area (Å²) < 4.78 is 13.8. The Morgan fingerprint density at radius 3 is 2.82 bits per heavy atom. The molecule has 7 nitrogen and oxygen atoms in total. The highest BCUT2D eigenvalue weighted by Crippen LogP contribution is 2.25. The van der Waals surface area contributed by atoms with Crippen LogP contribution in [0.5, 0.6) is 0 Å². The highest BCUT2D eigenvalue weighted by molar-refractivity contribution is 7.18. The summed E-state index contributed by atoms with van der Waals surface area (Å²) >= 11 is 1.56. The summed E-state index contributed by atoms with van der Waals surface area (Å²) in [6.45, 7) is 2.03. The van der Waals surface area contributed by atoms with Crippen LogP contribution < -0.4 is 10.6 Å². The highest BCUT2D eigenvalue weighted by atomic mass is 32.1. The van der Waals surface area contributed by atoms with Crippen LogP contribution in [-0.2, 0) is 19.4 Å². The lowest BCUT2D eigenvalue weighted by Crippen LogP contribution is -2.20. The van der Waals surface area contributed by atoms with Crippen molar-refractivity contribution in [3.05, 3.63) is 65.2 Å². The average Bonchev–Trinajstić information content (AvgIpc) is 3.36. The number of imidazole rings is 1. The lowest BCUT2D eigenvalue weighted by atomic mass is 10.2. The molecule has 0 unspecified atom stereocenters. The van der Waals surface area contributed by atoms with Gasteiger partial charge in [0.25, 0.3) is 0 Å². The van der Waals surface area contributed by atoms with Gasteiger partial charge in [0, 0.05) is 50.4 Å². The molecule has 0 amide bonds. The predicted octanol–water partition coefficient (Wildman–Crippen LogP) is 2.94. The zero-order valence-electron chi connectivity index (χ0n) is 15.2. The van der Waals surface area contributed by atoms with E-state index in [2.05, 4.69) is 35.6 Å². The van der Waals surface area contributed by atoms with Gasteiger partial charge in [-0.25, -0.2) is 24.3 Å². The fourth-order valence-corrected chi connectivity index (χ4v) is 3.72. The van der Waals surface area contributed by atoms with E-state index in [9.17, 15) is 4.39 Å². The Morgan fingerprint density at radius 1 is 1.07 bits per heavy atom. The number of H-pyrrole nitrogens is 1. The minimum absolute atomic E-state index is 0.236. The molecule has 0 spiro atoms. The number of aromatic nitrogens is 5. The van der Waals surface area contributed by atoms with E-state index in [1.54, 1.807) is 29.7 Å². The normalized spacial score (nSPS) is 11.2. The van der Waals surface area contributed by atoms with Crippen molar-refractivity contribution in [2.24, 2.45) is 0 Å². The van der Waals surface area contributed by atoms with Gasteiger partial charge in [0.05, 0.1) is 5.01 Å². The van der Waals surface area contributed by atoms with Crippen molar-refractivity contribution in [1.82, 2.24) is 30.2 Å². The molecule has 0 aliphatic heterocycles. The van der Waals surface area contributed by atoms with Crippen molar-refractivity contribution < 1.29 is 4.39 Å². The van der Waals surface area contributed by atoms with Gasteiger partial charge in [-0.3, -0.25) is 0 Å². The first-order valence-corrected chi connectivity index (χ1v) is 9.88. The molecule has 0 saturated heterocycles. The third-order valence-corrected chi connectivity index (χ3v) is 5.28. The minimum atomic E-state index is -0.236. The van der Waals surface area contributed by atoms with Crippen molar-refractivity contribution in [2.45, 2.75) is 19.4 Å². The van der Waals surface area contributed by atoms with Crippen molar-refractivity contribution in [1.29, 1.82) is 0 Å². The van der Waals surface area contributed by atoms with E-state index in [0.29, 0.717) is 17.9 Å². The molecule has 0 aliphatic carbocycles. The number of nitrogens with one attached hydrogen (secondary N) is 3. The van der Waals surface area contributed by atoms with Gasteiger partial charge in [0.15, 0.2) is 5.82 Å². The number of hydrogen-bond acceptors (Lipinski definition) is 7. The van der Waals surface area contributed by atoms with Crippen molar-refractivity contribution >= 4 is 27.5 Å². The maximum Gasteiger partial charge on any atom is 0.157 e. The molecule has 0 aliphatic rings. The maximum atomic E-state index is 13.8. The van der Waals surface area contributed by atoms with Crippen LogP contribution in [0.1, 0.15) is 16.4 Å². The minimum Gasteiger partial charge on any atom is -0.364 e. The van der Waals surface area contributed by atoms with Crippen LogP contribution in [0.4, 0.5) is 10.2 Å². The van der Waals surface area contributed by atoms with Crippen LogP contribution in [0.15, 0.2) is 43.0 Å². The van der Waals surface area contributed by atoms with E-state index in [0.717, 1.165) is 47.1 Å². The summed E-state index contributed by atoms with van der Waals surface area (Å²) in [5, 5.41) is 7.57. The van der Waals surface area contributed by atoms with Gasteiger partial charge >= 0.3 is 0 Å². The summed E-state index contributed by atoms with van der Waals surface area (Å²) in [6.07, 6.45) is 6.77. The molecular formula is C19H20FN7S. The van der Waals surface area contributed by atoms with Gasteiger partial charge in [0.1, 0.15) is 28.3 Å². The number of hydrogen-bond donors (Lipinski definition) is 3. The number of fused-ring (bicyclic) bond motifs is 1. The Labute approximate surface area is 165 Å². The largest absolute Gasteiger partial charge is 0.364 e. The molecule has 4 aromatic rings. The number of benzene rings is 1. The molecule has 3 N–H and O–H groups in total. The van der Waals surface area contributed by atoms with Crippen LogP contribution in [0, 0.1) is 5.82 Å². The third-order valence-electron chi connectivity index (χ3n) is 4.25. The molecule has 3 heterocycles. The van der Waals surface area contributed by atoms with Gasteiger partial charge in [0.2, 0.25) is 0 Å². The second kappa shape index (κ2) is 8.85. The summed E-state index contributed by atoms with van der Waals surface area (Å²) in [7, 11) is 0. The molecule has 4 rings (SSSR count). The van der Waals surface area contributed by atoms with Crippen molar-refractivity contribution in [3.8, 4) is 0 Å². The van der Waals surface area contributed by atoms with Crippen LogP contribution in [-0.4, -0.2) is 38.0 Å². The molecule has 3 aromatic heterocycles. The van der Waals surface area contributed by atoms with E-state index >= 15 is 0 Å². The first kappa shape index (κ1) is 18.5. The number of rotatable bonds is 9. The summed E-state index contributed by atoms with van der Waals surface area (Å²) in [4.78, 5) is 21.4. The molecule has 9 heteroatoms. The monoisotopic (exact) mass is 397 g/mol. The number of aromatic amines is 1. The topological polar surface area (TPSA) is 91.4 Å². The zero-order chi connectivity index (χ0) is 19.2. The molecule has 28 heavy (non-hydrogen) atoms. The first-order valence-electron chi connectivity index (χ1n) is 9.06. The molecule has 0 fully saturated rings. The second-order valence-corrected chi connectivity index (χ2v) is 7.28. The number of anilines is 1. The Kier molecular flexibility index (Phi) is 5.83. The second-order valence-electron chi connectivity index (χ2n) is 6.21. The van der Waals surface area contributed by atoms with E-state index in [1.807, 2.05) is 12.3 Å². The third kappa shape index (κ3) is 4.49. The number of halogens is 1. The van der Waals surface area contributed by atoms with Gasteiger partial charge in [-0.05, 0) is 6.07 Å². The lowest BCUT2D eigenvalue weighted by molar-refractivity contribution is 0.613. The molecular weight excluding hydrogens is 377 g/mol. The van der Waals surface area contributed by atoms with Crippen LogP contribution >= 0.6 is 11.3 Å². The molecule has 1 aromatic carbocycles. The van der Waals surface area contributed by atoms with Crippen LogP contribution in [0.2, 0.25) is 0 Å². The van der Waals surface area contributed by atoms with Crippen LogP contribution in [0.25, 0.3) is 10.3 Å².